The molecule has 0 aliphatic heterocycles. The number of nitrogens with zero attached hydrogens (tertiary/aromatic N) is 3. The second kappa shape index (κ2) is 4.20. The van der Waals surface area contributed by atoms with Crippen LogP contribution < -0.4 is 0 Å². The van der Waals surface area contributed by atoms with Gasteiger partial charge >= 0.3 is 0 Å². The zero-order valence-electron chi connectivity index (χ0n) is 10.2. The van der Waals surface area contributed by atoms with E-state index in [-0.39, 0.29) is 0 Å². The summed E-state index contributed by atoms with van der Waals surface area (Å²) in [4.78, 5) is 9.17. The van der Waals surface area contributed by atoms with E-state index in [9.17, 15) is 0 Å². The molecule has 3 heterocycles. The summed E-state index contributed by atoms with van der Waals surface area (Å²) in [6, 6.07) is 8.26. The van der Waals surface area contributed by atoms with Gasteiger partial charge in [-0.25, -0.2) is 9.97 Å². The Hall–Kier alpha value is -1.62. The molecule has 4 rings (SSSR count). The van der Waals surface area contributed by atoms with Crippen LogP contribution in [0, 0.1) is 0 Å². The van der Waals surface area contributed by atoms with E-state index in [1.165, 1.54) is 19.3 Å². The third kappa shape index (κ3) is 1.72. The molecule has 0 atom stereocenters. The average Bonchev–Trinajstić information content (AvgIpc) is 2.92. The van der Waals surface area contributed by atoms with Crippen LogP contribution in [0.15, 0.2) is 39.5 Å². The van der Waals surface area contributed by atoms with Crippen molar-refractivity contribution in [2.24, 2.45) is 0 Å². The monoisotopic (exact) mass is 317 g/mol. The highest BCUT2D eigenvalue weighted by Gasteiger charge is 2.26. The molecule has 96 valence electrons. The predicted molar refractivity (Wildman–Crippen MR) is 75.8 cm³/mol. The number of aromatic nitrogens is 3. The molecule has 3 aromatic heterocycles. The summed E-state index contributed by atoms with van der Waals surface area (Å²) in [6.07, 6.45) is 5.48. The van der Waals surface area contributed by atoms with Crippen LogP contribution >= 0.6 is 15.9 Å². The number of imidazole rings is 1. The molecule has 0 saturated heterocycles. The van der Waals surface area contributed by atoms with Crippen LogP contribution in [-0.4, -0.2) is 14.5 Å². The minimum atomic E-state index is 0.499. The Balaban J connectivity index is 1.98. The maximum absolute atomic E-state index is 5.66. The molecule has 0 aromatic carbocycles. The maximum atomic E-state index is 5.66. The zero-order valence-corrected chi connectivity index (χ0v) is 11.8. The van der Waals surface area contributed by atoms with Gasteiger partial charge in [-0.1, -0.05) is 0 Å². The van der Waals surface area contributed by atoms with Gasteiger partial charge in [0.2, 0.25) is 0 Å². The molecule has 0 amide bonds. The number of fused-ring (bicyclic) bond motifs is 1. The minimum absolute atomic E-state index is 0.499. The third-order valence-electron chi connectivity index (χ3n) is 3.68. The van der Waals surface area contributed by atoms with Gasteiger partial charge < -0.3 is 8.98 Å². The summed E-state index contributed by atoms with van der Waals surface area (Å²) in [5.74, 6) is 1.67. The summed E-state index contributed by atoms with van der Waals surface area (Å²) >= 11 is 3.35. The van der Waals surface area contributed by atoms with Crippen molar-refractivity contribution < 1.29 is 4.42 Å². The molecule has 4 nitrogen and oxygen atoms in total. The van der Waals surface area contributed by atoms with Gasteiger partial charge in [-0.05, 0) is 59.5 Å². The Morgan fingerprint density at radius 1 is 1.26 bits per heavy atom. The second-order valence-electron chi connectivity index (χ2n) is 4.84. The largest absolute Gasteiger partial charge is 0.446 e. The van der Waals surface area contributed by atoms with Crippen molar-refractivity contribution in [1.29, 1.82) is 0 Å². The van der Waals surface area contributed by atoms with Crippen molar-refractivity contribution in [1.82, 2.24) is 14.5 Å². The van der Waals surface area contributed by atoms with Crippen molar-refractivity contribution in [2.45, 2.75) is 25.3 Å². The molecule has 1 aliphatic carbocycles. The Labute approximate surface area is 118 Å². The van der Waals surface area contributed by atoms with E-state index in [0.29, 0.717) is 6.04 Å². The number of hydrogen-bond donors (Lipinski definition) is 0. The maximum Gasteiger partial charge on any atom is 0.178 e. The predicted octanol–water partition coefficient (Wildman–Crippen LogP) is 4.18. The van der Waals surface area contributed by atoms with Crippen molar-refractivity contribution >= 4 is 27.1 Å². The van der Waals surface area contributed by atoms with Crippen molar-refractivity contribution in [2.75, 3.05) is 0 Å². The Morgan fingerprint density at radius 3 is 2.84 bits per heavy atom. The Kier molecular flexibility index (Phi) is 2.48. The third-order valence-corrected chi connectivity index (χ3v) is 4.11. The molecule has 1 saturated carbocycles. The van der Waals surface area contributed by atoms with Gasteiger partial charge in [0.15, 0.2) is 21.9 Å². The standard InChI is InChI=1S/C14H12BrN3O/c15-12-7-6-11(19-12)14-17-10-5-2-8-16-13(10)18(14)9-3-1-4-9/h2,5-9H,1,3-4H2. The molecular formula is C14H12BrN3O. The first-order valence-electron chi connectivity index (χ1n) is 6.41. The highest BCUT2D eigenvalue weighted by Crippen LogP contribution is 2.38. The van der Waals surface area contributed by atoms with Crippen LogP contribution in [0.2, 0.25) is 0 Å². The normalized spacial score (nSPS) is 15.8. The van der Waals surface area contributed by atoms with E-state index in [0.717, 1.165) is 27.4 Å². The lowest BCUT2D eigenvalue weighted by Gasteiger charge is -2.28. The summed E-state index contributed by atoms with van der Waals surface area (Å²) in [6.45, 7) is 0. The van der Waals surface area contributed by atoms with E-state index >= 15 is 0 Å². The highest BCUT2D eigenvalue weighted by molar-refractivity contribution is 9.10. The number of pyridine rings is 1. The molecule has 5 heteroatoms. The van der Waals surface area contributed by atoms with Gasteiger partial charge in [0.25, 0.3) is 0 Å². The van der Waals surface area contributed by atoms with Crippen molar-refractivity contribution in [3.63, 3.8) is 0 Å². The zero-order chi connectivity index (χ0) is 12.8. The van der Waals surface area contributed by atoms with Gasteiger partial charge in [0, 0.05) is 12.2 Å². The summed E-state index contributed by atoms with van der Waals surface area (Å²) in [5.41, 5.74) is 1.88. The quantitative estimate of drug-likeness (QED) is 0.712. The SMILES string of the molecule is Brc1ccc(-c2nc3cccnc3n2C2CCC2)o1. The van der Waals surface area contributed by atoms with E-state index in [4.69, 9.17) is 4.42 Å². The second-order valence-corrected chi connectivity index (χ2v) is 5.62. The molecule has 19 heavy (non-hydrogen) atoms. The number of rotatable bonds is 2. The molecule has 0 bridgehead atoms. The summed E-state index contributed by atoms with van der Waals surface area (Å²) < 4.78 is 8.62. The fourth-order valence-corrected chi connectivity index (χ4v) is 2.84. The average molecular weight is 318 g/mol. The first kappa shape index (κ1) is 11.2. The lowest BCUT2D eigenvalue weighted by molar-refractivity contribution is 0.320. The molecule has 0 unspecified atom stereocenters. The smallest absolute Gasteiger partial charge is 0.178 e. The van der Waals surface area contributed by atoms with Crippen LogP contribution in [0.25, 0.3) is 22.7 Å². The topological polar surface area (TPSA) is 43.9 Å². The van der Waals surface area contributed by atoms with Gasteiger partial charge in [0.1, 0.15) is 5.52 Å². The fourth-order valence-electron chi connectivity index (χ4n) is 2.53. The Bertz CT molecular complexity index is 742. The first-order valence-corrected chi connectivity index (χ1v) is 7.21. The van der Waals surface area contributed by atoms with Crippen LogP contribution in [0.1, 0.15) is 25.3 Å². The van der Waals surface area contributed by atoms with Crippen LogP contribution in [0.3, 0.4) is 0 Å². The lowest BCUT2D eigenvalue weighted by Crippen LogP contribution is -2.18. The van der Waals surface area contributed by atoms with Crippen LogP contribution in [0.5, 0.6) is 0 Å². The highest BCUT2D eigenvalue weighted by atomic mass is 79.9. The number of hydrogen-bond acceptors (Lipinski definition) is 3. The van der Waals surface area contributed by atoms with E-state index in [1.807, 2.05) is 30.5 Å². The molecule has 0 N–H and O–H groups in total. The Morgan fingerprint density at radius 2 is 2.16 bits per heavy atom. The van der Waals surface area contributed by atoms with Gasteiger partial charge in [-0.2, -0.15) is 0 Å². The van der Waals surface area contributed by atoms with Crippen molar-refractivity contribution in [3.8, 4) is 11.6 Å². The molecule has 0 spiro atoms. The lowest BCUT2D eigenvalue weighted by atomic mass is 9.92. The van der Waals surface area contributed by atoms with E-state index < -0.39 is 0 Å². The van der Waals surface area contributed by atoms with Crippen LogP contribution in [-0.2, 0) is 0 Å². The summed E-state index contributed by atoms with van der Waals surface area (Å²) in [5, 5.41) is 0. The molecule has 1 aliphatic rings. The van der Waals surface area contributed by atoms with E-state index in [2.05, 4.69) is 30.5 Å². The van der Waals surface area contributed by atoms with Crippen molar-refractivity contribution in [3.05, 3.63) is 35.1 Å². The van der Waals surface area contributed by atoms with Crippen LogP contribution in [0.4, 0.5) is 0 Å². The van der Waals surface area contributed by atoms with Gasteiger partial charge in [-0.3, -0.25) is 0 Å². The number of halogens is 1. The number of furan rings is 1. The minimum Gasteiger partial charge on any atom is -0.446 e. The van der Waals surface area contributed by atoms with Gasteiger partial charge in [0.05, 0.1) is 0 Å². The molecule has 1 fully saturated rings. The molecular weight excluding hydrogens is 306 g/mol. The van der Waals surface area contributed by atoms with Gasteiger partial charge in [-0.15, -0.1) is 0 Å². The molecule has 3 aromatic rings. The summed E-state index contributed by atoms with van der Waals surface area (Å²) in [7, 11) is 0. The first-order chi connectivity index (χ1) is 9.33. The van der Waals surface area contributed by atoms with E-state index in [1.54, 1.807) is 0 Å². The molecule has 0 radical (unpaired) electrons. The fraction of sp³-hybridized carbons (Fsp3) is 0.286.